The maximum atomic E-state index is 13.8. The molecular formula is C27H44NO3+. The molecular weight excluding hydrogens is 386 g/mol. The quantitative estimate of drug-likeness (QED) is 0.336. The zero-order valence-electron chi connectivity index (χ0n) is 20.8. The van der Waals surface area contributed by atoms with E-state index in [-0.39, 0.29) is 34.7 Å². The van der Waals surface area contributed by atoms with Crippen molar-refractivity contribution < 1.29 is 19.4 Å². The van der Waals surface area contributed by atoms with E-state index < -0.39 is 4.65 Å². The largest absolute Gasteiger partial charge is 0.349 e. The van der Waals surface area contributed by atoms with Crippen LogP contribution in [0.3, 0.4) is 0 Å². The van der Waals surface area contributed by atoms with Crippen molar-refractivity contribution >= 4 is 11.7 Å². The van der Waals surface area contributed by atoms with Crippen molar-refractivity contribution in [2.24, 2.45) is 34.5 Å². The first-order valence-electron chi connectivity index (χ1n) is 12.8. The van der Waals surface area contributed by atoms with Gasteiger partial charge in [0.25, 0.3) is 0 Å². The maximum Gasteiger partial charge on any atom is 0.349 e. The number of rotatable bonds is 3. The van der Waals surface area contributed by atoms with Crippen LogP contribution in [0.1, 0.15) is 99.8 Å². The molecule has 4 heteroatoms. The summed E-state index contributed by atoms with van der Waals surface area (Å²) in [6.07, 6.45) is 8.16. The fourth-order valence-electron chi connectivity index (χ4n) is 8.74. The molecule has 1 amide bonds. The van der Waals surface area contributed by atoms with E-state index in [9.17, 15) is 14.8 Å². The third-order valence-electron chi connectivity index (χ3n) is 10.6. The number of ketones is 1. The van der Waals surface area contributed by atoms with Crippen molar-refractivity contribution in [2.45, 2.75) is 112 Å². The van der Waals surface area contributed by atoms with E-state index in [2.05, 4.69) is 20.8 Å². The van der Waals surface area contributed by atoms with E-state index in [0.29, 0.717) is 30.0 Å². The molecule has 0 spiro atoms. The van der Waals surface area contributed by atoms with Crippen LogP contribution >= 0.6 is 0 Å². The van der Waals surface area contributed by atoms with Crippen molar-refractivity contribution in [1.29, 1.82) is 0 Å². The highest BCUT2D eigenvalue weighted by Crippen LogP contribution is 2.67. The van der Waals surface area contributed by atoms with Crippen LogP contribution in [0.4, 0.5) is 0 Å². The van der Waals surface area contributed by atoms with E-state index >= 15 is 0 Å². The van der Waals surface area contributed by atoms with Gasteiger partial charge in [0.15, 0.2) is 5.78 Å². The molecule has 4 rings (SSSR count). The molecule has 3 fully saturated rings. The summed E-state index contributed by atoms with van der Waals surface area (Å²) in [6, 6.07) is -0.258. The van der Waals surface area contributed by atoms with Crippen LogP contribution in [-0.2, 0) is 9.59 Å². The first-order valence-corrected chi connectivity index (χ1v) is 12.8. The number of hydroxylamine groups is 3. The van der Waals surface area contributed by atoms with E-state index in [0.717, 1.165) is 50.5 Å². The van der Waals surface area contributed by atoms with Crippen molar-refractivity contribution in [1.82, 2.24) is 0 Å². The minimum Gasteiger partial charge on any atom is -0.295 e. The highest BCUT2D eigenvalue weighted by atomic mass is 16.6. The van der Waals surface area contributed by atoms with E-state index in [1.165, 1.54) is 5.57 Å². The van der Waals surface area contributed by atoms with Crippen molar-refractivity contribution in [3.05, 3.63) is 11.1 Å². The fraction of sp³-hybridized carbons (Fsp3) is 0.852. The Morgan fingerprint density at radius 1 is 0.968 bits per heavy atom. The standard InChI is InChI=1S/C27H44NO3/c1-16(2)28(31,17(3)4)25(30)23-11-10-21-19-8-9-20-18(5)24(29)13-15-26(20,6)22(19)12-14-27(21,23)7/h16-17,19,21-23,31H,8-15H2,1-7H3/q+1/t19-,21-,22-,23+,26-,27-/m0/s1. The molecule has 4 nitrogen and oxygen atoms in total. The first-order chi connectivity index (χ1) is 14.4. The highest BCUT2D eigenvalue weighted by Gasteiger charge is 2.63. The molecule has 0 bridgehead atoms. The van der Waals surface area contributed by atoms with Crippen LogP contribution in [-0.4, -0.2) is 33.6 Å². The lowest BCUT2D eigenvalue weighted by molar-refractivity contribution is -1.07. The molecule has 0 unspecified atom stereocenters. The third kappa shape index (κ3) is 3.07. The lowest BCUT2D eigenvalue weighted by Crippen LogP contribution is -2.63. The van der Waals surface area contributed by atoms with E-state index in [1.54, 1.807) is 0 Å². The highest BCUT2D eigenvalue weighted by molar-refractivity contribution is 5.96. The number of carbonyl (C=O) groups is 2. The molecule has 4 aliphatic rings. The van der Waals surface area contributed by atoms with Crippen molar-refractivity contribution in [3.8, 4) is 0 Å². The molecule has 174 valence electrons. The molecule has 4 aliphatic carbocycles. The lowest BCUT2D eigenvalue weighted by atomic mass is 9.46. The van der Waals surface area contributed by atoms with Gasteiger partial charge in [-0.05, 0) is 114 Å². The molecule has 0 aromatic carbocycles. The Kier molecular flexibility index (Phi) is 5.62. The normalized spacial score (nSPS) is 40.8. The minimum absolute atomic E-state index is 0.00856. The number of fused-ring (bicyclic) bond motifs is 5. The van der Waals surface area contributed by atoms with Crippen LogP contribution in [0.5, 0.6) is 0 Å². The molecule has 6 atom stereocenters. The Morgan fingerprint density at radius 3 is 2.23 bits per heavy atom. The van der Waals surface area contributed by atoms with Gasteiger partial charge in [0.1, 0.15) is 12.1 Å². The van der Waals surface area contributed by atoms with Gasteiger partial charge in [-0.25, -0.2) is 10.0 Å². The number of nitrogens with zero attached hydrogens (tertiary/aromatic N) is 1. The van der Waals surface area contributed by atoms with Gasteiger partial charge in [0.2, 0.25) is 0 Å². The van der Waals surface area contributed by atoms with Gasteiger partial charge in [0.05, 0.1) is 5.92 Å². The van der Waals surface area contributed by atoms with Gasteiger partial charge >= 0.3 is 5.91 Å². The van der Waals surface area contributed by atoms with Crippen molar-refractivity contribution in [3.63, 3.8) is 0 Å². The zero-order valence-corrected chi connectivity index (χ0v) is 20.8. The van der Waals surface area contributed by atoms with Crippen LogP contribution in [0, 0.1) is 34.5 Å². The number of hydrogen-bond acceptors (Lipinski definition) is 3. The Hall–Kier alpha value is -1.00. The average molecular weight is 431 g/mol. The molecule has 3 saturated carbocycles. The molecule has 0 aromatic heterocycles. The molecule has 31 heavy (non-hydrogen) atoms. The summed E-state index contributed by atoms with van der Waals surface area (Å²) in [4.78, 5) is 26.2. The predicted molar refractivity (Wildman–Crippen MR) is 122 cm³/mol. The zero-order chi connectivity index (χ0) is 22.9. The van der Waals surface area contributed by atoms with Crippen LogP contribution in [0.25, 0.3) is 0 Å². The van der Waals surface area contributed by atoms with Crippen LogP contribution < -0.4 is 0 Å². The van der Waals surface area contributed by atoms with Crippen LogP contribution in [0.15, 0.2) is 11.1 Å². The summed E-state index contributed by atoms with van der Waals surface area (Å²) in [5.74, 6) is 2.20. The average Bonchev–Trinajstić information content (AvgIpc) is 3.06. The SMILES string of the molecule is CC1=C2CC[C@H]3[C@@H]4CC[C@H](C(=O)[N+](O)(C(C)C)C(C)C)[C@@]4(C)CC[C@@H]3[C@@]2(C)CCC1=O. The summed E-state index contributed by atoms with van der Waals surface area (Å²) in [5.41, 5.74) is 2.66. The minimum atomic E-state index is -0.438. The van der Waals surface area contributed by atoms with E-state index in [1.807, 2.05) is 27.7 Å². The molecule has 0 radical (unpaired) electrons. The summed E-state index contributed by atoms with van der Waals surface area (Å²) >= 11 is 0. The van der Waals surface area contributed by atoms with Gasteiger partial charge in [-0.2, -0.15) is 0 Å². The second-order valence-electron chi connectivity index (χ2n) is 12.3. The van der Waals surface area contributed by atoms with E-state index in [4.69, 9.17) is 0 Å². The Morgan fingerprint density at radius 2 is 1.61 bits per heavy atom. The molecule has 0 saturated heterocycles. The topological polar surface area (TPSA) is 54.4 Å². The Labute approximate surface area is 189 Å². The molecule has 0 aromatic rings. The fourth-order valence-corrected chi connectivity index (χ4v) is 8.74. The number of amides is 1. The van der Waals surface area contributed by atoms with Crippen molar-refractivity contribution in [2.75, 3.05) is 0 Å². The maximum absolute atomic E-state index is 13.8. The molecule has 0 heterocycles. The number of hydrogen-bond donors (Lipinski definition) is 1. The summed E-state index contributed by atoms with van der Waals surface area (Å²) in [5, 5.41) is 11.4. The second kappa shape index (κ2) is 7.52. The summed E-state index contributed by atoms with van der Waals surface area (Å²) in [6.45, 7) is 14.7. The number of allylic oxidation sites excluding steroid dienone is 1. The number of Topliss-reactive ketones (excluding diaryl/α,β-unsaturated/α-hetero) is 1. The van der Waals surface area contributed by atoms with Gasteiger partial charge in [-0.3, -0.25) is 4.79 Å². The van der Waals surface area contributed by atoms with Gasteiger partial charge in [-0.1, -0.05) is 19.4 Å². The Bertz CT molecular complexity index is 803. The molecule has 0 aliphatic heterocycles. The van der Waals surface area contributed by atoms with Gasteiger partial charge in [-0.15, -0.1) is 4.65 Å². The first kappa shape index (κ1) is 23.2. The summed E-state index contributed by atoms with van der Waals surface area (Å²) < 4.78 is -0.438. The number of carbonyl (C=O) groups excluding carboxylic acids is 2. The predicted octanol–water partition coefficient (Wildman–Crippen LogP) is 6.07. The monoisotopic (exact) mass is 430 g/mol. The van der Waals surface area contributed by atoms with Gasteiger partial charge in [0, 0.05) is 6.42 Å². The van der Waals surface area contributed by atoms with Gasteiger partial charge < -0.3 is 0 Å². The Balaban J connectivity index is 1.64. The summed E-state index contributed by atoms with van der Waals surface area (Å²) in [7, 11) is 0. The lowest BCUT2D eigenvalue weighted by Gasteiger charge is -2.58. The second-order valence-corrected chi connectivity index (χ2v) is 12.3. The molecule has 1 N–H and O–H groups in total. The third-order valence-corrected chi connectivity index (χ3v) is 10.6. The smallest absolute Gasteiger partial charge is 0.295 e. The van der Waals surface area contributed by atoms with Crippen LogP contribution in [0.2, 0.25) is 0 Å². The number of quaternary nitrogens is 1.